The van der Waals surface area contributed by atoms with Gasteiger partial charge in [-0.15, -0.1) is 0 Å². The Bertz CT molecular complexity index is 2670. The van der Waals surface area contributed by atoms with Crippen molar-refractivity contribution in [3.8, 4) is 44.5 Å². The zero-order valence-electron chi connectivity index (χ0n) is 26.5. The van der Waals surface area contributed by atoms with Gasteiger partial charge in [0.1, 0.15) is 0 Å². The van der Waals surface area contributed by atoms with Gasteiger partial charge in [-0.05, 0) is 111 Å². The molecular weight excluding hydrogens is 565 g/mol. The van der Waals surface area contributed by atoms with Gasteiger partial charge in [-0.3, -0.25) is 0 Å². The highest BCUT2D eigenvalue weighted by Crippen LogP contribution is 2.51. The van der Waals surface area contributed by atoms with Crippen LogP contribution in [0.2, 0.25) is 0 Å². The standard InChI is InChI=1S/C47H32/c1-47(2)43-27-33(31-17-15-30(16-18-31)29-9-4-3-5-10-29)20-22-38(43)39-23-21-34(28-44(39)47)35-25-26-42-37-13-7-6-12-36(37)40-14-8-11-32-19-24-41(35)46(42)45(32)40/h3-28H,1-2H3. The molecule has 10 rings (SSSR count). The fraction of sp³-hybridized carbons (Fsp3) is 0.0638. The van der Waals surface area contributed by atoms with Crippen molar-refractivity contribution in [3.63, 3.8) is 0 Å². The molecule has 0 saturated carbocycles. The molecule has 0 radical (unpaired) electrons. The Morgan fingerprint density at radius 3 is 1.55 bits per heavy atom. The monoisotopic (exact) mass is 596 g/mol. The summed E-state index contributed by atoms with van der Waals surface area (Å²) in [5, 5.41) is 10.7. The van der Waals surface area contributed by atoms with Crippen molar-refractivity contribution in [3.05, 3.63) is 169 Å². The van der Waals surface area contributed by atoms with Crippen LogP contribution in [0.1, 0.15) is 25.0 Å². The van der Waals surface area contributed by atoms with Gasteiger partial charge in [0.15, 0.2) is 0 Å². The van der Waals surface area contributed by atoms with Crippen molar-refractivity contribution >= 4 is 43.1 Å². The molecule has 0 heterocycles. The molecule has 0 heteroatoms. The summed E-state index contributed by atoms with van der Waals surface area (Å²) in [5.41, 5.74) is 13.0. The van der Waals surface area contributed by atoms with Crippen LogP contribution in [0.25, 0.3) is 87.6 Å². The highest BCUT2D eigenvalue weighted by molar-refractivity contribution is 6.35. The Morgan fingerprint density at radius 2 is 0.830 bits per heavy atom. The molecule has 220 valence electrons. The van der Waals surface area contributed by atoms with E-state index >= 15 is 0 Å². The largest absolute Gasteiger partial charge is 0.0622 e. The number of hydrogen-bond acceptors (Lipinski definition) is 0. The lowest BCUT2D eigenvalue weighted by atomic mass is 9.80. The van der Waals surface area contributed by atoms with Crippen LogP contribution in [0.3, 0.4) is 0 Å². The van der Waals surface area contributed by atoms with E-state index in [4.69, 9.17) is 0 Å². The molecule has 47 heavy (non-hydrogen) atoms. The first-order valence-electron chi connectivity index (χ1n) is 16.6. The van der Waals surface area contributed by atoms with Crippen molar-refractivity contribution in [1.29, 1.82) is 0 Å². The van der Waals surface area contributed by atoms with E-state index in [1.807, 2.05) is 0 Å². The molecule has 9 aromatic carbocycles. The van der Waals surface area contributed by atoms with E-state index < -0.39 is 0 Å². The molecule has 0 N–H and O–H groups in total. The summed E-state index contributed by atoms with van der Waals surface area (Å²) in [6.07, 6.45) is 0. The van der Waals surface area contributed by atoms with Crippen molar-refractivity contribution < 1.29 is 0 Å². The van der Waals surface area contributed by atoms with Crippen molar-refractivity contribution in [2.24, 2.45) is 0 Å². The van der Waals surface area contributed by atoms with Crippen LogP contribution in [0, 0.1) is 0 Å². The third-order valence-corrected chi connectivity index (χ3v) is 10.8. The van der Waals surface area contributed by atoms with Gasteiger partial charge in [0, 0.05) is 5.41 Å². The maximum atomic E-state index is 2.47. The molecule has 0 unspecified atom stereocenters. The molecule has 0 amide bonds. The predicted molar refractivity (Wildman–Crippen MR) is 202 cm³/mol. The fourth-order valence-corrected chi connectivity index (χ4v) is 8.45. The minimum Gasteiger partial charge on any atom is -0.0622 e. The van der Waals surface area contributed by atoms with Gasteiger partial charge in [-0.25, -0.2) is 0 Å². The van der Waals surface area contributed by atoms with E-state index in [0.29, 0.717) is 0 Å². The Balaban J connectivity index is 1.09. The zero-order chi connectivity index (χ0) is 31.3. The fourth-order valence-electron chi connectivity index (χ4n) is 8.45. The molecule has 0 spiro atoms. The summed E-state index contributed by atoms with van der Waals surface area (Å²) in [7, 11) is 0. The van der Waals surface area contributed by atoms with Gasteiger partial charge in [0.25, 0.3) is 0 Å². The molecule has 0 nitrogen and oxygen atoms in total. The summed E-state index contributed by atoms with van der Waals surface area (Å²) in [6.45, 7) is 4.78. The second-order valence-electron chi connectivity index (χ2n) is 13.7. The first-order valence-corrected chi connectivity index (χ1v) is 16.6. The SMILES string of the molecule is CC1(C)c2cc(-c3ccc(-c4ccccc4)cc3)ccc2-c2ccc(-c3ccc4c5ccccc5c5cccc6ccc3c4c65)cc21. The van der Waals surface area contributed by atoms with Gasteiger partial charge in [-0.2, -0.15) is 0 Å². The molecule has 1 aliphatic carbocycles. The Kier molecular flexibility index (Phi) is 5.44. The van der Waals surface area contributed by atoms with Gasteiger partial charge < -0.3 is 0 Å². The third-order valence-electron chi connectivity index (χ3n) is 10.8. The van der Waals surface area contributed by atoms with Crippen LogP contribution in [0.4, 0.5) is 0 Å². The molecule has 0 aliphatic heterocycles. The van der Waals surface area contributed by atoms with E-state index in [1.54, 1.807) is 0 Å². The van der Waals surface area contributed by atoms with Crippen molar-refractivity contribution in [1.82, 2.24) is 0 Å². The minimum atomic E-state index is -0.110. The summed E-state index contributed by atoms with van der Waals surface area (Å²) in [5.74, 6) is 0. The van der Waals surface area contributed by atoms with Crippen LogP contribution in [-0.2, 0) is 5.41 Å². The van der Waals surface area contributed by atoms with Gasteiger partial charge in [-0.1, -0.05) is 159 Å². The molecule has 0 atom stereocenters. The van der Waals surface area contributed by atoms with E-state index in [-0.39, 0.29) is 5.41 Å². The molecule has 0 aromatic heterocycles. The number of rotatable bonds is 3. The molecule has 0 bridgehead atoms. The molecular formula is C47H32. The van der Waals surface area contributed by atoms with E-state index in [1.165, 1.54) is 98.7 Å². The minimum absolute atomic E-state index is 0.110. The van der Waals surface area contributed by atoms with Crippen LogP contribution >= 0.6 is 0 Å². The lowest BCUT2D eigenvalue weighted by Crippen LogP contribution is -2.15. The first-order chi connectivity index (χ1) is 23.1. The molecule has 0 fully saturated rings. The average Bonchev–Trinajstić information content (AvgIpc) is 3.36. The smallest absolute Gasteiger partial charge is 0.0159 e. The third kappa shape index (κ3) is 3.76. The van der Waals surface area contributed by atoms with Gasteiger partial charge >= 0.3 is 0 Å². The van der Waals surface area contributed by atoms with Crippen LogP contribution in [0.5, 0.6) is 0 Å². The highest BCUT2D eigenvalue weighted by Gasteiger charge is 2.36. The normalized spacial score (nSPS) is 13.5. The second kappa shape index (κ2) is 9.64. The maximum Gasteiger partial charge on any atom is 0.0159 e. The second-order valence-corrected chi connectivity index (χ2v) is 13.7. The lowest BCUT2D eigenvalue weighted by molar-refractivity contribution is 0.661. The van der Waals surface area contributed by atoms with E-state index in [9.17, 15) is 0 Å². The van der Waals surface area contributed by atoms with Gasteiger partial charge in [0.2, 0.25) is 0 Å². The summed E-state index contributed by atoms with van der Waals surface area (Å²) in [4.78, 5) is 0. The predicted octanol–water partition coefficient (Wildman–Crippen LogP) is 13.0. The maximum absolute atomic E-state index is 2.47. The van der Waals surface area contributed by atoms with Crippen molar-refractivity contribution in [2.45, 2.75) is 19.3 Å². The topological polar surface area (TPSA) is 0 Å². The number of fused-ring (bicyclic) bond motifs is 6. The number of hydrogen-bond donors (Lipinski definition) is 0. The van der Waals surface area contributed by atoms with Crippen molar-refractivity contribution in [2.75, 3.05) is 0 Å². The average molecular weight is 597 g/mol. The Labute approximate surface area is 274 Å². The summed E-state index contributed by atoms with van der Waals surface area (Å²) >= 11 is 0. The van der Waals surface area contributed by atoms with Crippen LogP contribution < -0.4 is 0 Å². The van der Waals surface area contributed by atoms with E-state index in [2.05, 4.69) is 172 Å². The molecule has 9 aromatic rings. The van der Waals surface area contributed by atoms with Gasteiger partial charge in [0.05, 0.1) is 0 Å². The molecule has 1 aliphatic rings. The summed E-state index contributed by atoms with van der Waals surface area (Å²) in [6, 6.07) is 58.8. The zero-order valence-corrected chi connectivity index (χ0v) is 26.5. The Morgan fingerprint density at radius 1 is 0.319 bits per heavy atom. The highest BCUT2D eigenvalue weighted by atomic mass is 14.4. The Hall–Kier alpha value is -5.72. The van der Waals surface area contributed by atoms with Crippen LogP contribution in [0.15, 0.2) is 158 Å². The summed E-state index contributed by atoms with van der Waals surface area (Å²) < 4.78 is 0. The number of benzene rings is 9. The lowest BCUT2D eigenvalue weighted by Gasteiger charge is -2.23. The van der Waals surface area contributed by atoms with Crippen LogP contribution in [-0.4, -0.2) is 0 Å². The molecule has 0 saturated heterocycles. The quantitative estimate of drug-likeness (QED) is 0.141. The van der Waals surface area contributed by atoms with E-state index in [0.717, 1.165) is 0 Å². The first kappa shape index (κ1) is 26.5.